The summed E-state index contributed by atoms with van der Waals surface area (Å²) in [6, 6.07) is 6.76. The van der Waals surface area contributed by atoms with Crippen LogP contribution < -0.4 is 4.74 Å². The molecule has 24 heavy (non-hydrogen) atoms. The predicted octanol–water partition coefficient (Wildman–Crippen LogP) is 4.45. The molecule has 5 heteroatoms. The molecule has 0 saturated heterocycles. The predicted molar refractivity (Wildman–Crippen MR) is 102 cm³/mol. The van der Waals surface area contributed by atoms with Crippen molar-refractivity contribution in [3.05, 3.63) is 44.6 Å². The van der Waals surface area contributed by atoms with Crippen molar-refractivity contribution in [1.82, 2.24) is 4.90 Å². The number of aromatic hydroxyl groups is 1. The number of hydrogen-bond donors (Lipinski definition) is 1. The van der Waals surface area contributed by atoms with Gasteiger partial charge in [0, 0.05) is 39.8 Å². The third-order valence-electron chi connectivity index (χ3n) is 5.19. The van der Waals surface area contributed by atoms with Crippen molar-refractivity contribution in [1.29, 1.82) is 0 Å². The van der Waals surface area contributed by atoms with Crippen LogP contribution in [0.2, 0.25) is 0 Å². The molecule has 0 spiro atoms. The van der Waals surface area contributed by atoms with Gasteiger partial charge < -0.3 is 9.84 Å². The first kappa shape index (κ1) is 16.4. The van der Waals surface area contributed by atoms with Gasteiger partial charge in [0.2, 0.25) is 0 Å². The molecular formula is C19H22BrNO2S. The number of hydrogen-bond acceptors (Lipinski definition) is 4. The molecule has 0 amide bonds. The summed E-state index contributed by atoms with van der Waals surface area (Å²) in [5.74, 6) is 0.903. The minimum absolute atomic E-state index is 0.250. The first-order valence-corrected chi connectivity index (χ1v) is 10.4. The van der Waals surface area contributed by atoms with Crippen LogP contribution in [0.25, 0.3) is 0 Å². The summed E-state index contributed by atoms with van der Waals surface area (Å²) in [4.78, 5) is 5.65. The largest absolute Gasteiger partial charge is 0.504 e. The number of phenolic OH excluding ortho intramolecular Hbond substituents is 1. The van der Waals surface area contributed by atoms with E-state index < -0.39 is 0 Å². The molecule has 1 atom stereocenters. The molecule has 0 saturated carbocycles. The van der Waals surface area contributed by atoms with Crippen molar-refractivity contribution in [3.63, 3.8) is 0 Å². The van der Waals surface area contributed by atoms with Crippen LogP contribution in [0.4, 0.5) is 0 Å². The zero-order valence-corrected chi connectivity index (χ0v) is 16.3. The van der Waals surface area contributed by atoms with Gasteiger partial charge in [0.05, 0.1) is 7.11 Å². The SMILES string of the molecule is COc1c(O)ccc2c1CN1CCc3sc(CCCBr)cc3C1C2. The van der Waals surface area contributed by atoms with Crippen molar-refractivity contribution < 1.29 is 9.84 Å². The average Bonchev–Trinajstić information content (AvgIpc) is 3.02. The molecule has 3 heterocycles. The molecule has 0 radical (unpaired) electrons. The van der Waals surface area contributed by atoms with E-state index in [9.17, 15) is 5.11 Å². The number of alkyl halides is 1. The van der Waals surface area contributed by atoms with Crippen LogP contribution in [0.3, 0.4) is 0 Å². The van der Waals surface area contributed by atoms with Gasteiger partial charge in [0.15, 0.2) is 11.5 Å². The highest BCUT2D eigenvalue weighted by atomic mass is 79.9. The Hall–Kier alpha value is -1.04. The van der Waals surface area contributed by atoms with Crippen LogP contribution in [0.5, 0.6) is 11.5 Å². The van der Waals surface area contributed by atoms with E-state index >= 15 is 0 Å². The lowest BCUT2D eigenvalue weighted by atomic mass is 9.86. The average molecular weight is 408 g/mol. The van der Waals surface area contributed by atoms with Gasteiger partial charge in [-0.25, -0.2) is 0 Å². The second-order valence-electron chi connectivity index (χ2n) is 6.58. The molecular weight excluding hydrogens is 386 g/mol. The van der Waals surface area contributed by atoms with Gasteiger partial charge in [-0.05, 0) is 48.9 Å². The molecule has 0 bridgehead atoms. The fourth-order valence-electron chi connectivity index (χ4n) is 4.03. The van der Waals surface area contributed by atoms with E-state index in [0.717, 1.165) is 36.8 Å². The number of nitrogens with zero attached hydrogens (tertiary/aromatic N) is 1. The zero-order valence-electron chi connectivity index (χ0n) is 13.8. The fourth-order valence-corrected chi connectivity index (χ4v) is 5.56. The van der Waals surface area contributed by atoms with Gasteiger partial charge in [-0.15, -0.1) is 11.3 Å². The van der Waals surface area contributed by atoms with Gasteiger partial charge in [-0.3, -0.25) is 4.90 Å². The topological polar surface area (TPSA) is 32.7 Å². The highest BCUT2D eigenvalue weighted by Crippen LogP contribution is 2.45. The number of rotatable bonds is 4. The molecule has 128 valence electrons. The van der Waals surface area contributed by atoms with Crippen molar-refractivity contribution in [2.75, 3.05) is 19.0 Å². The van der Waals surface area contributed by atoms with E-state index in [0.29, 0.717) is 11.8 Å². The van der Waals surface area contributed by atoms with E-state index in [2.05, 4.69) is 33.0 Å². The van der Waals surface area contributed by atoms with Gasteiger partial charge in [0.25, 0.3) is 0 Å². The number of fused-ring (bicyclic) bond motifs is 4. The first-order valence-electron chi connectivity index (χ1n) is 8.50. The Labute approximate surface area is 155 Å². The highest BCUT2D eigenvalue weighted by Gasteiger charge is 2.34. The Morgan fingerprint density at radius 2 is 2.29 bits per heavy atom. The van der Waals surface area contributed by atoms with Crippen LogP contribution in [0.1, 0.15) is 38.9 Å². The van der Waals surface area contributed by atoms with E-state index in [1.165, 1.54) is 28.8 Å². The number of ether oxygens (including phenoxy) is 1. The zero-order chi connectivity index (χ0) is 16.7. The van der Waals surface area contributed by atoms with Crippen LogP contribution >= 0.6 is 27.3 Å². The van der Waals surface area contributed by atoms with Crippen molar-refractivity contribution in [3.8, 4) is 11.5 Å². The number of aryl methyl sites for hydroxylation is 1. The summed E-state index contributed by atoms with van der Waals surface area (Å²) in [5, 5.41) is 11.1. The molecule has 1 aromatic carbocycles. The molecule has 1 unspecified atom stereocenters. The number of phenols is 1. The van der Waals surface area contributed by atoms with Crippen LogP contribution in [0.15, 0.2) is 18.2 Å². The summed E-state index contributed by atoms with van der Waals surface area (Å²) in [7, 11) is 1.64. The number of benzene rings is 1. The van der Waals surface area contributed by atoms with E-state index in [4.69, 9.17) is 4.74 Å². The molecule has 3 nitrogen and oxygen atoms in total. The summed E-state index contributed by atoms with van der Waals surface area (Å²) < 4.78 is 5.46. The number of thiophene rings is 1. The van der Waals surface area contributed by atoms with Crippen molar-refractivity contribution in [2.24, 2.45) is 0 Å². The Kier molecular flexibility index (Phi) is 4.58. The van der Waals surface area contributed by atoms with Crippen molar-refractivity contribution in [2.45, 2.75) is 38.3 Å². The normalized spacial score (nSPS) is 19.5. The number of halogens is 1. The van der Waals surface area contributed by atoms with Gasteiger partial charge >= 0.3 is 0 Å². The Bertz CT molecular complexity index is 758. The smallest absolute Gasteiger partial charge is 0.165 e. The molecule has 0 aliphatic carbocycles. The summed E-state index contributed by atoms with van der Waals surface area (Å²) in [6.45, 7) is 1.96. The van der Waals surface area contributed by atoms with E-state index in [1.807, 2.05) is 11.3 Å². The van der Waals surface area contributed by atoms with Crippen molar-refractivity contribution >= 4 is 27.3 Å². The standard InChI is InChI=1S/C19H22BrNO2S/c1-23-19-15-11-21-8-6-18-14(10-13(24-18)3-2-7-20)16(21)9-12(15)4-5-17(19)22/h4-5,10,16,22H,2-3,6-9,11H2,1H3. The second-order valence-corrected chi connectivity index (χ2v) is 8.59. The third kappa shape index (κ3) is 2.76. The van der Waals surface area contributed by atoms with Gasteiger partial charge in [-0.2, -0.15) is 0 Å². The van der Waals surface area contributed by atoms with Crippen LogP contribution in [0, 0.1) is 0 Å². The third-order valence-corrected chi connectivity index (χ3v) is 7.02. The highest BCUT2D eigenvalue weighted by molar-refractivity contribution is 9.09. The monoisotopic (exact) mass is 407 g/mol. The van der Waals surface area contributed by atoms with Gasteiger partial charge in [-0.1, -0.05) is 22.0 Å². The minimum Gasteiger partial charge on any atom is -0.504 e. The lowest BCUT2D eigenvalue weighted by Gasteiger charge is -2.40. The molecule has 1 aromatic heterocycles. The Morgan fingerprint density at radius 3 is 3.08 bits per heavy atom. The maximum Gasteiger partial charge on any atom is 0.165 e. The Morgan fingerprint density at radius 1 is 1.42 bits per heavy atom. The fraction of sp³-hybridized carbons (Fsp3) is 0.474. The second kappa shape index (κ2) is 6.70. The summed E-state index contributed by atoms with van der Waals surface area (Å²) >= 11 is 5.55. The Balaban J connectivity index is 1.67. The molecule has 1 N–H and O–H groups in total. The molecule has 2 aliphatic rings. The summed E-state index contributed by atoms with van der Waals surface area (Å²) in [6.07, 6.45) is 4.52. The molecule has 4 rings (SSSR count). The number of methoxy groups -OCH3 is 1. The maximum absolute atomic E-state index is 10.1. The lowest BCUT2D eigenvalue weighted by Crippen LogP contribution is -2.38. The quantitative estimate of drug-likeness (QED) is 0.759. The van der Waals surface area contributed by atoms with Crippen LogP contribution in [-0.2, 0) is 25.8 Å². The maximum atomic E-state index is 10.1. The van der Waals surface area contributed by atoms with Gasteiger partial charge in [0.1, 0.15) is 0 Å². The molecule has 2 aliphatic heterocycles. The molecule has 2 aromatic rings. The summed E-state index contributed by atoms with van der Waals surface area (Å²) in [5.41, 5.74) is 4.01. The lowest BCUT2D eigenvalue weighted by molar-refractivity contribution is 0.159. The minimum atomic E-state index is 0.250. The van der Waals surface area contributed by atoms with Crippen LogP contribution in [-0.4, -0.2) is 29.0 Å². The first-order chi connectivity index (χ1) is 11.7. The van der Waals surface area contributed by atoms with E-state index in [-0.39, 0.29) is 5.75 Å². The van der Waals surface area contributed by atoms with E-state index in [1.54, 1.807) is 18.1 Å². The molecule has 0 fully saturated rings.